The second-order valence-corrected chi connectivity index (χ2v) is 8.83. The van der Waals surface area contributed by atoms with Gasteiger partial charge in [0, 0.05) is 17.6 Å². The van der Waals surface area contributed by atoms with Crippen molar-refractivity contribution in [1.29, 1.82) is 0 Å². The van der Waals surface area contributed by atoms with Gasteiger partial charge < -0.3 is 14.5 Å². The van der Waals surface area contributed by atoms with Crippen molar-refractivity contribution >= 4 is 22.6 Å². The van der Waals surface area contributed by atoms with Crippen molar-refractivity contribution in [3.8, 4) is 5.69 Å². The monoisotopic (exact) mass is 451 g/mol. The summed E-state index contributed by atoms with van der Waals surface area (Å²) in [6, 6.07) is 11.2. The normalized spacial score (nSPS) is 21.0. The summed E-state index contributed by atoms with van der Waals surface area (Å²) in [5.41, 5.74) is 4.09. The first-order valence-electron chi connectivity index (χ1n) is 10.8. The number of β-lactam (4-membered cyclic amide) rings is 1. The third-order valence-electron chi connectivity index (χ3n) is 6.70. The van der Waals surface area contributed by atoms with Crippen LogP contribution in [-0.2, 0) is 11.0 Å². The number of aromatic amines is 1. The van der Waals surface area contributed by atoms with Crippen LogP contribution in [0, 0.1) is 18.8 Å². The van der Waals surface area contributed by atoms with E-state index in [1.807, 2.05) is 42.2 Å². The quantitative estimate of drug-likeness (QED) is 0.434. The van der Waals surface area contributed by atoms with Crippen LogP contribution in [0.5, 0.6) is 0 Å². The number of imidazole rings is 2. The van der Waals surface area contributed by atoms with Crippen LogP contribution in [-0.4, -0.2) is 25.4 Å². The third-order valence-corrected chi connectivity index (χ3v) is 6.70. The molecule has 0 spiro atoms. The number of carbonyl (C=O) groups is 1. The Morgan fingerprint density at radius 1 is 1.06 bits per heavy atom. The van der Waals surface area contributed by atoms with Gasteiger partial charge in [0.15, 0.2) is 5.69 Å². The number of nitrogens with one attached hydrogen (secondary N) is 1. The average Bonchev–Trinajstić information content (AvgIpc) is 3.25. The Kier molecular flexibility index (Phi) is 4.21. The Hall–Kier alpha value is -3.62. The van der Waals surface area contributed by atoms with Crippen molar-refractivity contribution in [2.75, 3.05) is 4.90 Å². The SMILES string of the molecule is Cc1cc(-n2cnc(C(F)(F)F)c2)ccc1[C@H]1[C@@H](C2CC2)C(=O)N1c1ccc2[nH]cnc2c1. The van der Waals surface area contributed by atoms with Gasteiger partial charge in [-0.2, -0.15) is 13.2 Å². The number of carbonyl (C=O) groups excluding carboxylic acids is 1. The van der Waals surface area contributed by atoms with Crippen LogP contribution in [0.4, 0.5) is 18.9 Å². The van der Waals surface area contributed by atoms with E-state index in [9.17, 15) is 18.0 Å². The number of rotatable bonds is 4. The van der Waals surface area contributed by atoms with Gasteiger partial charge in [0.1, 0.15) is 0 Å². The molecule has 168 valence electrons. The molecule has 4 aromatic rings. The Morgan fingerprint density at radius 3 is 2.55 bits per heavy atom. The number of amides is 1. The lowest BCUT2D eigenvalue weighted by Crippen LogP contribution is -2.56. The van der Waals surface area contributed by atoms with E-state index in [1.165, 1.54) is 10.9 Å². The van der Waals surface area contributed by atoms with Crippen LogP contribution in [0.15, 0.2) is 55.2 Å². The zero-order valence-corrected chi connectivity index (χ0v) is 17.7. The lowest BCUT2D eigenvalue weighted by molar-refractivity contribution is -0.141. The van der Waals surface area contributed by atoms with E-state index in [2.05, 4.69) is 15.0 Å². The Morgan fingerprint density at radius 2 is 1.85 bits per heavy atom. The lowest BCUT2D eigenvalue weighted by Gasteiger charge is -2.48. The molecule has 1 saturated heterocycles. The van der Waals surface area contributed by atoms with Gasteiger partial charge >= 0.3 is 6.18 Å². The molecule has 0 unspecified atom stereocenters. The number of halogens is 3. The summed E-state index contributed by atoms with van der Waals surface area (Å²) in [5, 5.41) is 0. The van der Waals surface area contributed by atoms with Crippen molar-refractivity contribution in [1.82, 2.24) is 19.5 Å². The highest BCUT2D eigenvalue weighted by atomic mass is 19.4. The maximum atomic E-state index is 13.2. The summed E-state index contributed by atoms with van der Waals surface area (Å²) in [4.78, 5) is 25.9. The van der Waals surface area contributed by atoms with E-state index < -0.39 is 11.9 Å². The molecule has 33 heavy (non-hydrogen) atoms. The maximum absolute atomic E-state index is 13.2. The number of aromatic nitrogens is 4. The van der Waals surface area contributed by atoms with Crippen LogP contribution in [0.2, 0.25) is 0 Å². The molecular weight excluding hydrogens is 431 g/mol. The second-order valence-electron chi connectivity index (χ2n) is 8.83. The van der Waals surface area contributed by atoms with Gasteiger partial charge in [0.05, 0.1) is 35.6 Å². The van der Waals surface area contributed by atoms with Crippen molar-refractivity contribution in [2.45, 2.75) is 32.0 Å². The van der Waals surface area contributed by atoms with Gasteiger partial charge in [-0.15, -0.1) is 0 Å². The van der Waals surface area contributed by atoms with Gasteiger partial charge in [-0.3, -0.25) is 4.79 Å². The van der Waals surface area contributed by atoms with E-state index in [4.69, 9.17) is 0 Å². The fourth-order valence-electron chi connectivity index (χ4n) is 4.88. The summed E-state index contributed by atoms with van der Waals surface area (Å²) in [7, 11) is 0. The maximum Gasteiger partial charge on any atom is 0.434 e. The molecule has 2 fully saturated rings. The number of aryl methyl sites for hydroxylation is 1. The first kappa shape index (κ1) is 20.0. The predicted molar refractivity (Wildman–Crippen MR) is 116 cm³/mol. The standard InChI is InChI=1S/C24H20F3N5O/c1-13-8-15(31-10-20(30-12-31)24(25,26)27)4-6-17(13)22-21(14-2-3-14)23(33)32(22)16-5-7-18-19(9-16)29-11-28-18/h4-12,14,21-22H,2-3H2,1H3,(H,28,29)/t21-,22+/m1/s1. The summed E-state index contributed by atoms with van der Waals surface area (Å²) in [6.07, 6.45) is 1.39. The molecule has 0 bridgehead atoms. The number of fused-ring (bicyclic) bond motifs is 1. The molecule has 6 nitrogen and oxygen atoms in total. The molecule has 2 aromatic carbocycles. The third kappa shape index (κ3) is 3.21. The topological polar surface area (TPSA) is 66.8 Å². The number of nitrogens with zero attached hydrogens (tertiary/aromatic N) is 4. The largest absolute Gasteiger partial charge is 0.434 e. The van der Waals surface area contributed by atoms with Crippen LogP contribution < -0.4 is 4.90 Å². The molecule has 1 saturated carbocycles. The highest BCUT2D eigenvalue weighted by molar-refractivity contribution is 6.04. The molecule has 2 atom stereocenters. The molecular formula is C24H20F3N5O. The smallest absolute Gasteiger partial charge is 0.345 e. The van der Waals surface area contributed by atoms with E-state index in [1.54, 1.807) is 12.4 Å². The van der Waals surface area contributed by atoms with Crippen molar-refractivity contribution in [2.24, 2.45) is 11.8 Å². The van der Waals surface area contributed by atoms with E-state index in [0.717, 1.165) is 46.9 Å². The first-order valence-corrected chi connectivity index (χ1v) is 10.8. The van der Waals surface area contributed by atoms with Crippen molar-refractivity contribution < 1.29 is 18.0 Å². The number of H-pyrrole nitrogens is 1. The minimum absolute atomic E-state index is 0.0745. The molecule has 9 heteroatoms. The minimum Gasteiger partial charge on any atom is -0.345 e. The van der Waals surface area contributed by atoms with Gasteiger partial charge in [-0.05, 0) is 67.1 Å². The Labute approximate surface area is 187 Å². The fourth-order valence-corrected chi connectivity index (χ4v) is 4.88. The average molecular weight is 451 g/mol. The van der Waals surface area contributed by atoms with Gasteiger partial charge in [-0.1, -0.05) is 6.07 Å². The van der Waals surface area contributed by atoms with Crippen molar-refractivity contribution in [3.63, 3.8) is 0 Å². The molecule has 3 heterocycles. The number of hydrogen-bond donors (Lipinski definition) is 1. The zero-order chi connectivity index (χ0) is 22.9. The Bertz CT molecular complexity index is 1380. The molecule has 1 aliphatic heterocycles. The minimum atomic E-state index is -4.49. The van der Waals surface area contributed by atoms with Gasteiger partial charge in [0.2, 0.25) is 5.91 Å². The van der Waals surface area contributed by atoms with Gasteiger partial charge in [0.25, 0.3) is 0 Å². The van der Waals surface area contributed by atoms with Crippen LogP contribution in [0.25, 0.3) is 16.7 Å². The lowest BCUT2D eigenvalue weighted by atomic mass is 9.77. The number of benzene rings is 2. The molecule has 1 N–H and O–H groups in total. The summed E-state index contributed by atoms with van der Waals surface area (Å²) in [5.74, 6) is 0.426. The molecule has 1 amide bonds. The van der Waals surface area contributed by atoms with E-state index in [-0.39, 0.29) is 17.9 Å². The zero-order valence-electron chi connectivity index (χ0n) is 17.7. The summed E-state index contributed by atoms with van der Waals surface area (Å²) < 4.78 is 40.2. The molecule has 6 rings (SSSR count). The van der Waals surface area contributed by atoms with Gasteiger partial charge in [-0.25, -0.2) is 9.97 Å². The summed E-state index contributed by atoms with van der Waals surface area (Å²) in [6.45, 7) is 1.93. The molecule has 2 aliphatic rings. The second kappa shape index (κ2) is 6.94. The van der Waals surface area contributed by atoms with Crippen LogP contribution >= 0.6 is 0 Å². The number of hydrogen-bond acceptors (Lipinski definition) is 3. The summed E-state index contributed by atoms with van der Waals surface area (Å²) >= 11 is 0. The highest BCUT2D eigenvalue weighted by Gasteiger charge is 2.55. The fraction of sp³-hybridized carbons (Fsp3) is 0.292. The highest BCUT2D eigenvalue weighted by Crippen LogP contribution is 2.54. The molecule has 0 radical (unpaired) electrons. The number of anilines is 1. The van der Waals surface area contributed by atoms with E-state index in [0.29, 0.717) is 11.6 Å². The van der Waals surface area contributed by atoms with Crippen LogP contribution in [0.3, 0.4) is 0 Å². The molecule has 1 aliphatic carbocycles. The van der Waals surface area contributed by atoms with E-state index >= 15 is 0 Å². The first-order chi connectivity index (χ1) is 15.8. The van der Waals surface area contributed by atoms with Crippen LogP contribution in [0.1, 0.15) is 35.7 Å². The number of alkyl halides is 3. The predicted octanol–water partition coefficient (Wildman–Crippen LogP) is 5.19. The Balaban J connectivity index is 1.37. The van der Waals surface area contributed by atoms with Crippen molar-refractivity contribution in [3.05, 3.63) is 72.1 Å². The molecule has 2 aromatic heterocycles.